The summed E-state index contributed by atoms with van der Waals surface area (Å²) in [6.45, 7) is 4.49. The Morgan fingerprint density at radius 3 is 2.50 bits per heavy atom. The lowest BCUT2D eigenvalue weighted by Crippen LogP contribution is -2.36. The Hall–Kier alpha value is -1.37. The van der Waals surface area contributed by atoms with Gasteiger partial charge in [0.15, 0.2) is 11.5 Å². The van der Waals surface area contributed by atoms with Crippen LogP contribution >= 0.6 is 11.6 Å². The number of methoxy groups -OCH3 is 2. The van der Waals surface area contributed by atoms with Crippen LogP contribution in [0.2, 0.25) is 5.02 Å². The van der Waals surface area contributed by atoms with Crippen molar-refractivity contribution in [2.24, 2.45) is 0 Å². The van der Waals surface area contributed by atoms with Crippen LogP contribution in [-0.4, -0.2) is 19.8 Å². The van der Waals surface area contributed by atoms with Crippen LogP contribution in [0.5, 0.6) is 11.5 Å². The molecule has 0 atom stereocenters. The number of nitrogens with one attached hydrogen (secondary N) is 1. The van der Waals surface area contributed by atoms with Crippen LogP contribution in [0.25, 0.3) is 0 Å². The first-order valence-electron chi connectivity index (χ1n) is 5.56. The molecule has 1 N–H and O–H groups in total. The Labute approximate surface area is 113 Å². The highest BCUT2D eigenvalue weighted by molar-refractivity contribution is 6.32. The molecule has 0 aromatic heterocycles. The quantitative estimate of drug-likeness (QED) is 0.832. The van der Waals surface area contributed by atoms with E-state index in [1.807, 2.05) is 26.0 Å². The summed E-state index contributed by atoms with van der Waals surface area (Å²) >= 11 is 6.12. The van der Waals surface area contributed by atoms with E-state index in [0.717, 1.165) is 5.56 Å². The number of ether oxygens (including phenoxy) is 2. The fourth-order valence-corrected chi connectivity index (χ4v) is 1.76. The third-order valence-corrected chi connectivity index (χ3v) is 2.87. The summed E-state index contributed by atoms with van der Waals surface area (Å²) in [5.41, 5.74) is 0.626. The average molecular weight is 268 g/mol. The number of terminal acetylenes is 1. The number of benzene rings is 1. The molecule has 1 aromatic rings. The monoisotopic (exact) mass is 267 g/mol. The van der Waals surface area contributed by atoms with Crippen LogP contribution < -0.4 is 14.8 Å². The molecule has 0 amide bonds. The highest BCUT2D eigenvalue weighted by Crippen LogP contribution is 2.36. The Balaban J connectivity index is 2.92. The van der Waals surface area contributed by atoms with Gasteiger partial charge in [-0.3, -0.25) is 5.32 Å². The maximum atomic E-state index is 6.12. The lowest BCUT2D eigenvalue weighted by molar-refractivity contribution is 0.354. The summed E-state index contributed by atoms with van der Waals surface area (Å²) < 4.78 is 10.4. The van der Waals surface area contributed by atoms with E-state index < -0.39 is 0 Å². The Bertz CT molecular complexity index is 464. The highest BCUT2D eigenvalue weighted by Gasteiger charge is 2.15. The van der Waals surface area contributed by atoms with Crippen LogP contribution in [0.15, 0.2) is 12.1 Å². The van der Waals surface area contributed by atoms with Crippen LogP contribution in [0, 0.1) is 12.3 Å². The molecule has 3 nitrogen and oxygen atoms in total. The lowest BCUT2D eigenvalue weighted by atomic mass is 10.1. The van der Waals surface area contributed by atoms with E-state index in [2.05, 4.69) is 11.2 Å². The maximum absolute atomic E-state index is 6.12. The van der Waals surface area contributed by atoms with Gasteiger partial charge in [0.2, 0.25) is 0 Å². The largest absolute Gasteiger partial charge is 0.493 e. The zero-order chi connectivity index (χ0) is 13.8. The van der Waals surface area contributed by atoms with Crippen molar-refractivity contribution in [1.82, 2.24) is 5.32 Å². The van der Waals surface area contributed by atoms with Gasteiger partial charge in [-0.2, -0.15) is 0 Å². The normalized spacial score (nSPS) is 10.9. The van der Waals surface area contributed by atoms with Crippen molar-refractivity contribution in [3.05, 3.63) is 22.7 Å². The van der Waals surface area contributed by atoms with E-state index in [0.29, 0.717) is 23.1 Å². The minimum absolute atomic E-state index is 0.361. The van der Waals surface area contributed by atoms with Gasteiger partial charge in [0, 0.05) is 6.54 Å². The number of hydrogen-bond acceptors (Lipinski definition) is 3. The molecule has 0 aliphatic carbocycles. The van der Waals surface area contributed by atoms with Crippen molar-refractivity contribution in [3.63, 3.8) is 0 Å². The maximum Gasteiger partial charge on any atom is 0.179 e. The number of hydrogen-bond donors (Lipinski definition) is 1. The second-order valence-electron chi connectivity index (χ2n) is 4.44. The fraction of sp³-hybridized carbons (Fsp3) is 0.429. The molecule has 0 saturated heterocycles. The number of halogens is 1. The van der Waals surface area contributed by atoms with Crippen molar-refractivity contribution in [2.75, 3.05) is 14.2 Å². The van der Waals surface area contributed by atoms with E-state index in [1.165, 1.54) is 0 Å². The predicted octanol–water partition coefficient (Wildman–Crippen LogP) is 2.86. The predicted molar refractivity (Wildman–Crippen MR) is 74.3 cm³/mol. The summed E-state index contributed by atoms with van der Waals surface area (Å²) in [4.78, 5) is 0. The topological polar surface area (TPSA) is 30.5 Å². The second kappa shape index (κ2) is 5.99. The molecule has 18 heavy (non-hydrogen) atoms. The van der Waals surface area contributed by atoms with Crippen molar-refractivity contribution in [2.45, 2.75) is 25.9 Å². The molecular formula is C14H18ClNO2. The highest BCUT2D eigenvalue weighted by atomic mass is 35.5. The molecule has 0 bridgehead atoms. The molecule has 1 rings (SSSR count). The van der Waals surface area contributed by atoms with Crippen LogP contribution in [0.1, 0.15) is 19.4 Å². The first-order valence-corrected chi connectivity index (χ1v) is 5.94. The van der Waals surface area contributed by atoms with Gasteiger partial charge < -0.3 is 9.47 Å². The molecule has 0 unspecified atom stereocenters. The van der Waals surface area contributed by atoms with Crippen molar-refractivity contribution < 1.29 is 9.47 Å². The summed E-state index contributed by atoms with van der Waals surface area (Å²) in [5, 5.41) is 3.77. The molecule has 98 valence electrons. The third kappa shape index (κ3) is 3.56. The Morgan fingerprint density at radius 1 is 1.33 bits per heavy atom. The molecule has 0 radical (unpaired) electrons. The molecule has 0 aliphatic heterocycles. The van der Waals surface area contributed by atoms with E-state index in [1.54, 1.807) is 14.2 Å². The van der Waals surface area contributed by atoms with E-state index >= 15 is 0 Å². The smallest absolute Gasteiger partial charge is 0.179 e. The molecule has 4 heteroatoms. The van der Waals surface area contributed by atoms with Gasteiger partial charge in [0.1, 0.15) is 0 Å². The second-order valence-corrected chi connectivity index (χ2v) is 4.84. The van der Waals surface area contributed by atoms with Gasteiger partial charge in [-0.15, -0.1) is 6.42 Å². The fourth-order valence-electron chi connectivity index (χ4n) is 1.45. The molecular weight excluding hydrogens is 250 g/mol. The molecule has 0 aliphatic rings. The first kappa shape index (κ1) is 14.7. The van der Waals surface area contributed by atoms with E-state index in [9.17, 15) is 0 Å². The molecule has 0 saturated carbocycles. The average Bonchev–Trinajstić information content (AvgIpc) is 2.35. The zero-order valence-electron chi connectivity index (χ0n) is 11.1. The van der Waals surface area contributed by atoms with Gasteiger partial charge in [0.25, 0.3) is 0 Å². The van der Waals surface area contributed by atoms with Crippen LogP contribution in [0.3, 0.4) is 0 Å². The lowest BCUT2D eigenvalue weighted by Gasteiger charge is -2.20. The molecule has 0 fully saturated rings. The molecule has 0 heterocycles. The Kier molecular flexibility index (Phi) is 4.89. The molecule has 0 spiro atoms. The SMILES string of the molecule is C#CC(C)(C)NCc1cc(Cl)c(OC)c(OC)c1. The first-order chi connectivity index (χ1) is 8.43. The van der Waals surface area contributed by atoms with Gasteiger partial charge in [-0.1, -0.05) is 17.5 Å². The van der Waals surface area contributed by atoms with E-state index in [-0.39, 0.29) is 5.54 Å². The summed E-state index contributed by atoms with van der Waals surface area (Å²) in [6, 6.07) is 3.72. The molecule has 1 aromatic carbocycles. The Morgan fingerprint density at radius 2 is 2.00 bits per heavy atom. The van der Waals surface area contributed by atoms with E-state index in [4.69, 9.17) is 27.5 Å². The van der Waals surface area contributed by atoms with Crippen molar-refractivity contribution in [3.8, 4) is 23.8 Å². The summed E-state index contributed by atoms with van der Waals surface area (Å²) in [6.07, 6.45) is 5.42. The standard InChI is InChI=1S/C14H18ClNO2/c1-6-14(2,3)16-9-10-7-11(15)13(18-5)12(8-10)17-4/h1,7-8,16H,9H2,2-5H3. The van der Waals surface area contributed by atoms with Gasteiger partial charge in [-0.25, -0.2) is 0 Å². The van der Waals surface area contributed by atoms with Crippen LogP contribution in [-0.2, 0) is 6.54 Å². The van der Waals surface area contributed by atoms with Crippen molar-refractivity contribution in [1.29, 1.82) is 0 Å². The van der Waals surface area contributed by atoms with Gasteiger partial charge in [0.05, 0.1) is 24.8 Å². The minimum atomic E-state index is -0.361. The van der Waals surface area contributed by atoms with Crippen LogP contribution in [0.4, 0.5) is 0 Å². The summed E-state index contributed by atoms with van der Waals surface area (Å²) in [7, 11) is 3.14. The van der Waals surface area contributed by atoms with Gasteiger partial charge >= 0.3 is 0 Å². The zero-order valence-corrected chi connectivity index (χ0v) is 11.9. The van der Waals surface area contributed by atoms with Gasteiger partial charge in [-0.05, 0) is 31.5 Å². The van der Waals surface area contributed by atoms with Crippen molar-refractivity contribution >= 4 is 11.6 Å². The number of rotatable bonds is 5. The third-order valence-electron chi connectivity index (χ3n) is 2.59. The summed E-state index contributed by atoms with van der Waals surface area (Å²) in [5.74, 6) is 3.83. The minimum Gasteiger partial charge on any atom is -0.493 e.